The number of nitrogens with one attached hydrogen (secondary N) is 1. The van der Waals surface area contributed by atoms with Crippen LogP contribution in [-0.2, 0) is 14.6 Å². The molecular weight excluding hydrogens is 290 g/mol. The van der Waals surface area contributed by atoms with Crippen LogP contribution in [0, 0.1) is 5.92 Å². The second-order valence-electron chi connectivity index (χ2n) is 4.42. The molecule has 0 radical (unpaired) electrons. The molecule has 0 aliphatic rings. The third-order valence-electron chi connectivity index (χ3n) is 2.64. The zero-order chi connectivity index (χ0) is 15.3. The van der Waals surface area contributed by atoms with E-state index in [0.717, 1.165) is 12.1 Å². The standard InChI is InChI=1S/C12H16F2N2O3S/c1-8(7-15)6-11(17)16-9-2-4-10(5-3-9)20(18,19)12(13)14/h2-5,8,12H,6-7,15H2,1H3,(H,16,17). The number of amides is 1. The fourth-order valence-electron chi connectivity index (χ4n) is 1.44. The van der Waals surface area contributed by atoms with Gasteiger partial charge in [0.25, 0.3) is 0 Å². The molecule has 0 fully saturated rings. The second-order valence-corrected chi connectivity index (χ2v) is 6.34. The van der Waals surface area contributed by atoms with Crippen molar-refractivity contribution < 1.29 is 22.0 Å². The van der Waals surface area contributed by atoms with Crippen molar-refractivity contribution in [3.63, 3.8) is 0 Å². The van der Waals surface area contributed by atoms with Crippen molar-refractivity contribution in [1.82, 2.24) is 0 Å². The van der Waals surface area contributed by atoms with Gasteiger partial charge in [-0.1, -0.05) is 6.92 Å². The molecule has 1 amide bonds. The van der Waals surface area contributed by atoms with E-state index in [1.54, 1.807) is 0 Å². The van der Waals surface area contributed by atoms with Crippen LogP contribution in [0.1, 0.15) is 13.3 Å². The van der Waals surface area contributed by atoms with Gasteiger partial charge in [-0.05, 0) is 36.7 Å². The Morgan fingerprint density at radius 2 is 1.85 bits per heavy atom. The van der Waals surface area contributed by atoms with E-state index in [-0.39, 0.29) is 18.2 Å². The molecular formula is C12H16F2N2O3S. The molecule has 0 aliphatic carbocycles. The van der Waals surface area contributed by atoms with Gasteiger partial charge in [-0.2, -0.15) is 8.78 Å². The molecule has 1 rings (SSSR count). The van der Waals surface area contributed by atoms with Crippen LogP contribution in [0.3, 0.4) is 0 Å². The first kappa shape index (κ1) is 16.5. The van der Waals surface area contributed by atoms with Crippen LogP contribution < -0.4 is 11.1 Å². The summed E-state index contributed by atoms with van der Waals surface area (Å²) in [5.41, 5.74) is 5.73. The maximum Gasteiger partial charge on any atom is 0.341 e. The van der Waals surface area contributed by atoms with Gasteiger partial charge in [0, 0.05) is 12.1 Å². The summed E-state index contributed by atoms with van der Waals surface area (Å²) in [7, 11) is -4.61. The summed E-state index contributed by atoms with van der Waals surface area (Å²) >= 11 is 0. The molecule has 0 saturated heterocycles. The quantitative estimate of drug-likeness (QED) is 0.835. The van der Waals surface area contributed by atoms with Crippen molar-refractivity contribution in [1.29, 1.82) is 0 Å². The molecule has 0 saturated carbocycles. The van der Waals surface area contributed by atoms with Gasteiger partial charge < -0.3 is 11.1 Å². The number of hydrogen-bond acceptors (Lipinski definition) is 4. The minimum absolute atomic E-state index is 0.0217. The van der Waals surface area contributed by atoms with Crippen LogP contribution in [0.4, 0.5) is 14.5 Å². The van der Waals surface area contributed by atoms with Crippen LogP contribution in [-0.4, -0.2) is 26.6 Å². The fraction of sp³-hybridized carbons (Fsp3) is 0.417. The zero-order valence-corrected chi connectivity index (χ0v) is 11.7. The van der Waals surface area contributed by atoms with E-state index in [4.69, 9.17) is 5.73 Å². The highest BCUT2D eigenvalue weighted by atomic mass is 32.2. The number of carbonyl (C=O) groups is 1. The zero-order valence-electron chi connectivity index (χ0n) is 10.8. The molecule has 0 bridgehead atoms. The van der Waals surface area contributed by atoms with Crippen LogP contribution >= 0.6 is 0 Å². The van der Waals surface area contributed by atoms with Gasteiger partial charge in [0.05, 0.1) is 4.90 Å². The average Bonchev–Trinajstić information content (AvgIpc) is 2.38. The van der Waals surface area contributed by atoms with E-state index in [0.29, 0.717) is 12.2 Å². The summed E-state index contributed by atoms with van der Waals surface area (Å²) in [5.74, 6) is -3.71. The lowest BCUT2D eigenvalue weighted by atomic mass is 10.1. The third-order valence-corrected chi connectivity index (χ3v) is 4.04. The molecule has 112 valence electrons. The Balaban J connectivity index is 2.75. The summed E-state index contributed by atoms with van der Waals surface area (Å²) in [6.45, 7) is 2.19. The van der Waals surface area contributed by atoms with Crippen molar-refractivity contribution in [3.05, 3.63) is 24.3 Å². The molecule has 0 heterocycles. The first-order valence-electron chi connectivity index (χ1n) is 5.89. The average molecular weight is 306 g/mol. The van der Waals surface area contributed by atoms with E-state index in [1.165, 1.54) is 12.1 Å². The molecule has 1 atom stereocenters. The van der Waals surface area contributed by atoms with Crippen LogP contribution in [0.2, 0.25) is 0 Å². The van der Waals surface area contributed by atoms with Crippen molar-refractivity contribution in [2.45, 2.75) is 24.0 Å². The number of sulfone groups is 1. The molecule has 1 aromatic rings. The lowest BCUT2D eigenvalue weighted by Gasteiger charge is -2.09. The number of carbonyl (C=O) groups excluding carboxylic acids is 1. The Bertz CT molecular complexity index is 559. The number of alkyl halides is 2. The normalized spacial score (nSPS) is 13.2. The first-order chi connectivity index (χ1) is 9.27. The maximum atomic E-state index is 12.3. The van der Waals surface area contributed by atoms with E-state index in [2.05, 4.69) is 5.32 Å². The van der Waals surface area contributed by atoms with Gasteiger partial charge in [-0.3, -0.25) is 4.79 Å². The monoisotopic (exact) mass is 306 g/mol. The molecule has 0 spiro atoms. The molecule has 8 heteroatoms. The minimum atomic E-state index is -4.61. The number of benzene rings is 1. The fourth-order valence-corrected chi connectivity index (χ4v) is 2.16. The van der Waals surface area contributed by atoms with E-state index < -0.39 is 20.5 Å². The maximum absolute atomic E-state index is 12.3. The SMILES string of the molecule is CC(CN)CC(=O)Nc1ccc(S(=O)(=O)C(F)F)cc1. The van der Waals surface area contributed by atoms with Gasteiger partial charge in [-0.15, -0.1) is 0 Å². The molecule has 0 aliphatic heterocycles. The van der Waals surface area contributed by atoms with E-state index in [9.17, 15) is 22.0 Å². The molecule has 3 N–H and O–H groups in total. The van der Waals surface area contributed by atoms with Gasteiger partial charge in [0.2, 0.25) is 15.7 Å². The van der Waals surface area contributed by atoms with Gasteiger partial charge in [-0.25, -0.2) is 8.42 Å². The smallest absolute Gasteiger partial charge is 0.330 e. The number of rotatable bonds is 6. The van der Waals surface area contributed by atoms with Gasteiger partial charge in [0.1, 0.15) is 0 Å². The summed E-state index contributed by atoms with van der Waals surface area (Å²) in [6, 6.07) is 4.59. The van der Waals surface area contributed by atoms with Crippen molar-refractivity contribution in [2.75, 3.05) is 11.9 Å². The predicted octanol–water partition coefficient (Wildman–Crippen LogP) is 1.61. The lowest BCUT2D eigenvalue weighted by Crippen LogP contribution is -2.20. The van der Waals surface area contributed by atoms with Crippen molar-refractivity contribution >= 4 is 21.4 Å². The summed E-state index contributed by atoms with van der Waals surface area (Å²) < 4.78 is 47.0. The highest BCUT2D eigenvalue weighted by Gasteiger charge is 2.26. The number of nitrogens with two attached hydrogens (primary N) is 1. The Kier molecular flexibility index (Phi) is 5.58. The minimum Gasteiger partial charge on any atom is -0.330 e. The summed E-state index contributed by atoms with van der Waals surface area (Å²) in [6.07, 6.45) is 0.230. The number of anilines is 1. The Labute approximate surface area is 116 Å². The molecule has 1 aromatic carbocycles. The Hall–Kier alpha value is -1.54. The van der Waals surface area contributed by atoms with Crippen molar-refractivity contribution in [3.8, 4) is 0 Å². The highest BCUT2D eigenvalue weighted by Crippen LogP contribution is 2.20. The molecule has 1 unspecified atom stereocenters. The van der Waals surface area contributed by atoms with E-state index in [1.807, 2.05) is 6.92 Å². The van der Waals surface area contributed by atoms with Crippen LogP contribution in [0.5, 0.6) is 0 Å². The Morgan fingerprint density at radius 3 is 2.30 bits per heavy atom. The highest BCUT2D eigenvalue weighted by molar-refractivity contribution is 7.91. The number of hydrogen-bond donors (Lipinski definition) is 2. The topological polar surface area (TPSA) is 89.3 Å². The van der Waals surface area contributed by atoms with Gasteiger partial charge >= 0.3 is 5.76 Å². The summed E-state index contributed by atoms with van der Waals surface area (Å²) in [4.78, 5) is 11.1. The molecule has 0 aromatic heterocycles. The Morgan fingerprint density at radius 1 is 1.30 bits per heavy atom. The van der Waals surface area contributed by atoms with Crippen LogP contribution in [0.15, 0.2) is 29.2 Å². The predicted molar refractivity (Wildman–Crippen MR) is 71.1 cm³/mol. The first-order valence-corrected chi connectivity index (χ1v) is 7.44. The largest absolute Gasteiger partial charge is 0.341 e. The molecule has 20 heavy (non-hydrogen) atoms. The van der Waals surface area contributed by atoms with Crippen molar-refractivity contribution in [2.24, 2.45) is 11.7 Å². The number of halogens is 2. The van der Waals surface area contributed by atoms with E-state index >= 15 is 0 Å². The van der Waals surface area contributed by atoms with Gasteiger partial charge in [0.15, 0.2) is 0 Å². The summed E-state index contributed by atoms with van der Waals surface area (Å²) in [5, 5.41) is 2.54. The third kappa shape index (κ3) is 4.24. The molecule has 5 nitrogen and oxygen atoms in total. The van der Waals surface area contributed by atoms with Crippen LogP contribution in [0.25, 0.3) is 0 Å². The second kappa shape index (κ2) is 6.76. The lowest BCUT2D eigenvalue weighted by molar-refractivity contribution is -0.116.